The summed E-state index contributed by atoms with van der Waals surface area (Å²) in [6.45, 7) is 11.2. The summed E-state index contributed by atoms with van der Waals surface area (Å²) in [6, 6.07) is 10.9. The summed E-state index contributed by atoms with van der Waals surface area (Å²) in [7, 11) is 2.26. The highest BCUT2D eigenvalue weighted by molar-refractivity contribution is 5.17. The Morgan fingerprint density at radius 1 is 1.22 bits per heavy atom. The first-order valence-corrected chi connectivity index (χ1v) is 10.6. The highest BCUT2D eigenvalue weighted by Gasteiger charge is 2.21. The molecular weight excluding hydrogens is 332 g/mol. The Morgan fingerprint density at radius 3 is 2.78 bits per heavy atom. The minimum Gasteiger partial charge on any atom is -0.306 e. The van der Waals surface area contributed by atoms with Crippen molar-refractivity contribution in [2.24, 2.45) is 5.92 Å². The van der Waals surface area contributed by atoms with Gasteiger partial charge in [0.2, 0.25) is 0 Å². The summed E-state index contributed by atoms with van der Waals surface area (Å²) in [4.78, 5) is 5.16. The first-order chi connectivity index (χ1) is 13.1. The summed E-state index contributed by atoms with van der Waals surface area (Å²) in [6.07, 6.45) is 7.21. The third kappa shape index (κ3) is 6.18. The number of rotatable bonds is 9. The predicted molar refractivity (Wildman–Crippen MR) is 113 cm³/mol. The second-order valence-electron chi connectivity index (χ2n) is 8.24. The standard InChI is InChI=1S/C23H36N4/c1-4-13-27-19-23(20(2)24-27)18-26(15-12-21-9-6-5-7-10-21)17-22-11-8-14-25(3)16-22/h5-7,9-10,19,22H,4,8,11-18H2,1-3H3/t22-/m1/s1. The molecule has 0 radical (unpaired) electrons. The van der Waals surface area contributed by atoms with Gasteiger partial charge in [0.1, 0.15) is 0 Å². The molecule has 0 amide bonds. The van der Waals surface area contributed by atoms with Crippen molar-refractivity contribution < 1.29 is 0 Å². The molecule has 148 valence electrons. The van der Waals surface area contributed by atoms with Crippen LogP contribution in [0.25, 0.3) is 0 Å². The van der Waals surface area contributed by atoms with Crippen LogP contribution in [0, 0.1) is 12.8 Å². The van der Waals surface area contributed by atoms with Crippen LogP contribution in [-0.2, 0) is 19.5 Å². The molecule has 3 rings (SSSR count). The van der Waals surface area contributed by atoms with Gasteiger partial charge < -0.3 is 4.90 Å². The van der Waals surface area contributed by atoms with E-state index in [4.69, 9.17) is 5.10 Å². The molecule has 1 aliphatic rings. The fourth-order valence-electron chi connectivity index (χ4n) is 4.25. The van der Waals surface area contributed by atoms with E-state index in [0.29, 0.717) is 0 Å². The Labute approximate surface area is 165 Å². The lowest BCUT2D eigenvalue weighted by Crippen LogP contribution is -2.39. The summed E-state index contributed by atoms with van der Waals surface area (Å²) in [5.41, 5.74) is 4.01. The molecule has 1 atom stereocenters. The first-order valence-electron chi connectivity index (χ1n) is 10.6. The number of hydrogen-bond donors (Lipinski definition) is 0. The van der Waals surface area contributed by atoms with E-state index in [1.54, 1.807) is 0 Å². The molecule has 4 nitrogen and oxygen atoms in total. The lowest BCUT2D eigenvalue weighted by Gasteiger charge is -2.34. The van der Waals surface area contributed by atoms with Crippen LogP contribution in [0.5, 0.6) is 0 Å². The Hall–Kier alpha value is -1.65. The first kappa shape index (κ1) is 20.1. The molecule has 1 saturated heterocycles. The molecular formula is C23H36N4. The zero-order valence-electron chi connectivity index (χ0n) is 17.4. The molecule has 27 heavy (non-hydrogen) atoms. The van der Waals surface area contributed by atoms with Crippen LogP contribution in [0.1, 0.15) is 43.0 Å². The average molecular weight is 369 g/mol. The van der Waals surface area contributed by atoms with Crippen LogP contribution < -0.4 is 0 Å². The summed E-state index contributed by atoms with van der Waals surface area (Å²) < 4.78 is 2.12. The van der Waals surface area contributed by atoms with Gasteiger partial charge in [-0.25, -0.2) is 0 Å². The van der Waals surface area contributed by atoms with Crippen molar-refractivity contribution in [1.82, 2.24) is 19.6 Å². The number of piperidine rings is 1. The van der Waals surface area contributed by atoms with Gasteiger partial charge in [0.05, 0.1) is 5.69 Å². The third-order valence-electron chi connectivity index (χ3n) is 5.69. The maximum absolute atomic E-state index is 4.71. The lowest BCUT2D eigenvalue weighted by atomic mass is 9.97. The summed E-state index contributed by atoms with van der Waals surface area (Å²) in [5, 5.41) is 4.71. The summed E-state index contributed by atoms with van der Waals surface area (Å²) >= 11 is 0. The van der Waals surface area contributed by atoms with Crippen LogP contribution >= 0.6 is 0 Å². The number of benzene rings is 1. The molecule has 1 fully saturated rings. The largest absolute Gasteiger partial charge is 0.306 e. The highest BCUT2D eigenvalue weighted by Crippen LogP contribution is 2.19. The Balaban J connectivity index is 1.66. The third-order valence-corrected chi connectivity index (χ3v) is 5.69. The van der Waals surface area contributed by atoms with Gasteiger partial charge in [-0.1, -0.05) is 37.3 Å². The van der Waals surface area contributed by atoms with Crippen LogP contribution in [0.3, 0.4) is 0 Å². The van der Waals surface area contributed by atoms with Crippen molar-refractivity contribution in [3.63, 3.8) is 0 Å². The molecule has 2 heterocycles. The Kier molecular flexibility index (Phi) is 7.48. The molecule has 2 aromatic rings. The van der Waals surface area contributed by atoms with Gasteiger partial charge in [0, 0.05) is 44.5 Å². The van der Waals surface area contributed by atoms with Crippen molar-refractivity contribution in [3.05, 3.63) is 53.3 Å². The molecule has 1 aromatic heterocycles. The topological polar surface area (TPSA) is 24.3 Å². The number of nitrogens with zero attached hydrogens (tertiary/aromatic N) is 4. The van der Waals surface area contributed by atoms with Crippen LogP contribution in [-0.4, -0.2) is 52.8 Å². The predicted octanol–water partition coefficient (Wildman–Crippen LogP) is 3.99. The fraction of sp³-hybridized carbons (Fsp3) is 0.609. The zero-order valence-corrected chi connectivity index (χ0v) is 17.4. The second kappa shape index (κ2) is 10.0. The molecule has 0 bridgehead atoms. The van der Waals surface area contributed by atoms with Crippen molar-refractivity contribution in [1.29, 1.82) is 0 Å². The highest BCUT2D eigenvalue weighted by atomic mass is 15.3. The minimum absolute atomic E-state index is 0.783. The van der Waals surface area contributed by atoms with Gasteiger partial charge in [-0.2, -0.15) is 5.10 Å². The number of aromatic nitrogens is 2. The van der Waals surface area contributed by atoms with Crippen molar-refractivity contribution in [3.8, 4) is 0 Å². The van der Waals surface area contributed by atoms with Crippen LogP contribution in [0.15, 0.2) is 36.5 Å². The van der Waals surface area contributed by atoms with Gasteiger partial charge in [0.25, 0.3) is 0 Å². The quantitative estimate of drug-likeness (QED) is 0.669. The lowest BCUT2D eigenvalue weighted by molar-refractivity contribution is 0.148. The molecule has 0 saturated carbocycles. The van der Waals surface area contributed by atoms with Crippen LogP contribution in [0.4, 0.5) is 0 Å². The van der Waals surface area contributed by atoms with E-state index in [1.807, 2.05) is 0 Å². The molecule has 4 heteroatoms. The SMILES string of the molecule is CCCn1cc(CN(CCc2ccccc2)C[C@@H]2CCCN(C)C2)c(C)n1. The van der Waals surface area contributed by atoms with E-state index in [2.05, 4.69) is 71.9 Å². The van der Waals surface area contributed by atoms with E-state index in [1.165, 1.54) is 49.3 Å². The molecule has 1 aromatic carbocycles. The Bertz CT molecular complexity index is 679. The van der Waals surface area contributed by atoms with E-state index in [9.17, 15) is 0 Å². The average Bonchev–Trinajstić information content (AvgIpc) is 3.00. The molecule has 0 unspecified atom stereocenters. The van der Waals surface area contributed by atoms with E-state index < -0.39 is 0 Å². The minimum atomic E-state index is 0.783. The number of aryl methyl sites for hydroxylation is 2. The molecule has 0 spiro atoms. The van der Waals surface area contributed by atoms with Crippen molar-refractivity contribution >= 4 is 0 Å². The molecule has 0 N–H and O–H groups in total. The fourth-order valence-corrected chi connectivity index (χ4v) is 4.25. The van der Waals surface area contributed by atoms with Gasteiger partial charge >= 0.3 is 0 Å². The van der Waals surface area contributed by atoms with Gasteiger partial charge in [-0.3, -0.25) is 9.58 Å². The summed E-state index contributed by atoms with van der Waals surface area (Å²) in [5.74, 6) is 0.783. The van der Waals surface area contributed by atoms with Crippen molar-refractivity contribution in [2.75, 3.05) is 33.2 Å². The van der Waals surface area contributed by atoms with Gasteiger partial charge in [-0.15, -0.1) is 0 Å². The second-order valence-corrected chi connectivity index (χ2v) is 8.24. The smallest absolute Gasteiger partial charge is 0.0638 e. The monoisotopic (exact) mass is 368 g/mol. The van der Waals surface area contributed by atoms with E-state index in [-0.39, 0.29) is 0 Å². The normalized spacial score (nSPS) is 18.3. The molecule has 1 aliphatic heterocycles. The number of likely N-dealkylation sites (tertiary alicyclic amines) is 1. The van der Waals surface area contributed by atoms with Gasteiger partial charge in [0.15, 0.2) is 0 Å². The number of hydrogen-bond acceptors (Lipinski definition) is 3. The molecule has 0 aliphatic carbocycles. The maximum Gasteiger partial charge on any atom is 0.0638 e. The van der Waals surface area contributed by atoms with Crippen LogP contribution in [0.2, 0.25) is 0 Å². The van der Waals surface area contributed by atoms with Crippen molar-refractivity contribution in [2.45, 2.75) is 52.6 Å². The van der Waals surface area contributed by atoms with Gasteiger partial charge in [-0.05, 0) is 57.7 Å². The van der Waals surface area contributed by atoms with E-state index >= 15 is 0 Å². The maximum atomic E-state index is 4.71. The zero-order chi connectivity index (χ0) is 19.1. The Morgan fingerprint density at radius 2 is 2.04 bits per heavy atom. The van der Waals surface area contributed by atoms with E-state index in [0.717, 1.165) is 38.4 Å².